The fourth-order valence-electron chi connectivity index (χ4n) is 1.56. The number of anilines is 3. The van der Waals surface area contributed by atoms with Crippen molar-refractivity contribution in [2.45, 2.75) is 13.8 Å². The van der Waals surface area contributed by atoms with Crippen molar-refractivity contribution in [3.05, 3.63) is 40.6 Å². The molecule has 0 bridgehead atoms. The lowest BCUT2D eigenvalue weighted by molar-refractivity contribution is -0.115. The SMILES string of the molecule is CC(=O)CNc1cc(Nc2ccc(C)c(Br)c2)ncn1. The number of ketones is 1. The van der Waals surface area contributed by atoms with Crippen LogP contribution in [0.1, 0.15) is 12.5 Å². The summed E-state index contributed by atoms with van der Waals surface area (Å²) in [4.78, 5) is 19.1. The summed E-state index contributed by atoms with van der Waals surface area (Å²) < 4.78 is 1.03. The molecule has 2 aromatic rings. The van der Waals surface area contributed by atoms with Crippen LogP contribution in [0.5, 0.6) is 0 Å². The van der Waals surface area contributed by atoms with Crippen LogP contribution in [0.2, 0.25) is 0 Å². The molecule has 0 aliphatic carbocycles. The van der Waals surface area contributed by atoms with E-state index in [2.05, 4.69) is 36.5 Å². The predicted octanol–water partition coefficient (Wildman–Crippen LogP) is 3.29. The number of nitrogens with one attached hydrogen (secondary N) is 2. The molecular weight excluding hydrogens is 320 g/mol. The first-order chi connectivity index (χ1) is 9.54. The zero-order valence-electron chi connectivity index (χ0n) is 11.3. The van der Waals surface area contributed by atoms with Gasteiger partial charge in [0.15, 0.2) is 0 Å². The molecule has 1 aromatic heterocycles. The molecule has 1 aromatic carbocycles. The number of rotatable bonds is 5. The van der Waals surface area contributed by atoms with E-state index < -0.39 is 0 Å². The minimum absolute atomic E-state index is 0.0561. The molecular formula is C14H15BrN4O. The molecule has 0 radical (unpaired) electrons. The molecule has 2 rings (SSSR count). The van der Waals surface area contributed by atoms with Gasteiger partial charge in [-0.3, -0.25) is 4.79 Å². The van der Waals surface area contributed by atoms with Crippen LogP contribution in [0.4, 0.5) is 17.3 Å². The predicted molar refractivity (Wildman–Crippen MR) is 83.4 cm³/mol. The quantitative estimate of drug-likeness (QED) is 0.878. The van der Waals surface area contributed by atoms with Crippen LogP contribution in [0, 0.1) is 6.92 Å². The van der Waals surface area contributed by atoms with Gasteiger partial charge in [-0.2, -0.15) is 0 Å². The zero-order chi connectivity index (χ0) is 14.5. The van der Waals surface area contributed by atoms with Gasteiger partial charge in [0, 0.05) is 16.2 Å². The van der Waals surface area contributed by atoms with Crippen molar-refractivity contribution in [2.24, 2.45) is 0 Å². The van der Waals surface area contributed by atoms with E-state index in [9.17, 15) is 4.79 Å². The molecule has 0 unspecified atom stereocenters. The minimum Gasteiger partial charge on any atom is -0.363 e. The number of aryl methyl sites for hydroxylation is 1. The van der Waals surface area contributed by atoms with Crippen molar-refractivity contribution in [1.82, 2.24) is 9.97 Å². The molecule has 104 valence electrons. The van der Waals surface area contributed by atoms with Gasteiger partial charge in [-0.1, -0.05) is 22.0 Å². The Morgan fingerprint density at radius 3 is 2.70 bits per heavy atom. The molecule has 5 nitrogen and oxygen atoms in total. The molecule has 0 aliphatic heterocycles. The van der Waals surface area contributed by atoms with Crippen molar-refractivity contribution in [1.29, 1.82) is 0 Å². The van der Waals surface area contributed by atoms with Crippen molar-refractivity contribution >= 4 is 39.0 Å². The molecule has 0 aliphatic rings. The van der Waals surface area contributed by atoms with Gasteiger partial charge in [0.1, 0.15) is 23.7 Å². The number of halogens is 1. The first-order valence-corrected chi connectivity index (χ1v) is 6.92. The van der Waals surface area contributed by atoms with E-state index in [1.165, 1.54) is 18.8 Å². The van der Waals surface area contributed by atoms with E-state index in [1.807, 2.05) is 25.1 Å². The molecule has 0 saturated heterocycles. The van der Waals surface area contributed by atoms with E-state index in [0.717, 1.165) is 10.2 Å². The van der Waals surface area contributed by atoms with E-state index in [1.54, 1.807) is 6.07 Å². The van der Waals surface area contributed by atoms with Gasteiger partial charge in [-0.05, 0) is 31.5 Å². The molecule has 1 heterocycles. The Kier molecular flexibility index (Phi) is 4.68. The smallest absolute Gasteiger partial charge is 0.148 e. The summed E-state index contributed by atoms with van der Waals surface area (Å²) in [7, 11) is 0. The highest BCUT2D eigenvalue weighted by Gasteiger charge is 2.02. The fourth-order valence-corrected chi connectivity index (χ4v) is 1.93. The fraction of sp³-hybridized carbons (Fsp3) is 0.214. The van der Waals surface area contributed by atoms with Crippen molar-refractivity contribution < 1.29 is 4.79 Å². The maximum absolute atomic E-state index is 10.9. The second-order valence-electron chi connectivity index (χ2n) is 4.43. The van der Waals surface area contributed by atoms with Gasteiger partial charge >= 0.3 is 0 Å². The largest absolute Gasteiger partial charge is 0.363 e. The normalized spacial score (nSPS) is 10.2. The highest BCUT2D eigenvalue weighted by atomic mass is 79.9. The Morgan fingerprint density at radius 2 is 2.00 bits per heavy atom. The van der Waals surface area contributed by atoms with Crippen LogP contribution in [0.15, 0.2) is 35.1 Å². The second kappa shape index (κ2) is 6.47. The van der Waals surface area contributed by atoms with Gasteiger partial charge in [-0.15, -0.1) is 0 Å². The van der Waals surface area contributed by atoms with Crippen molar-refractivity contribution in [2.75, 3.05) is 17.2 Å². The van der Waals surface area contributed by atoms with Gasteiger partial charge in [0.05, 0.1) is 6.54 Å². The summed E-state index contributed by atoms with van der Waals surface area (Å²) in [6.45, 7) is 3.81. The lowest BCUT2D eigenvalue weighted by Crippen LogP contribution is -2.11. The van der Waals surface area contributed by atoms with Crippen LogP contribution in [0.25, 0.3) is 0 Å². The molecule has 0 amide bonds. The molecule has 0 saturated carbocycles. The molecule has 0 fully saturated rings. The molecule has 0 atom stereocenters. The first-order valence-electron chi connectivity index (χ1n) is 6.13. The number of carbonyl (C=O) groups excluding carboxylic acids is 1. The highest BCUT2D eigenvalue weighted by molar-refractivity contribution is 9.10. The Morgan fingerprint density at radius 1 is 1.25 bits per heavy atom. The first kappa shape index (κ1) is 14.5. The lowest BCUT2D eigenvalue weighted by Gasteiger charge is -2.09. The third kappa shape index (κ3) is 4.03. The third-order valence-corrected chi connectivity index (χ3v) is 3.48. The average Bonchev–Trinajstić information content (AvgIpc) is 2.41. The summed E-state index contributed by atoms with van der Waals surface area (Å²) in [6.07, 6.45) is 1.45. The average molecular weight is 335 g/mol. The maximum Gasteiger partial charge on any atom is 0.148 e. The Bertz CT molecular complexity index is 630. The van der Waals surface area contributed by atoms with Crippen LogP contribution >= 0.6 is 15.9 Å². The van der Waals surface area contributed by atoms with E-state index in [4.69, 9.17) is 0 Å². The van der Waals surface area contributed by atoms with E-state index in [-0.39, 0.29) is 12.3 Å². The number of nitrogens with zero attached hydrogens (tertiary/aromatic N) is 2. The number of Topliss-reactive ketones (excluding diaryl/α,β-unsaturated/α-hetero) is 1. The van der Waals surface area contributed by atoms with Crippen molar-refractivity contribution in [3.63, 3.8) is 0 Å². The topological polar surface area (TPSA) is 66.9 Å². The molecule has 0 spiro atoms. The maximum atomic E-state index is 10.9. The Balaban J connectivity index is 2.10. The third-order valence-electron chi connectivity index (χ3n) is 2.63. The Labute approximate surface area is 126 Å². The summed E-state index contributed by atoms with van der Waals surface area (Å²) in [5.41, 5.74) is 2.10. The number of aromatic nitrogens is 2. The van der Waals surface area contributed by atoms with Crippen LogP contribution < -0.4 is 10.6 Å². The lowest BCUT2D eigenvalue weighted by atomic mass is 10.2. The standard InChI is InChI=1S/C14H15BrN4O/c1-9-3-4-11(5-12(9)15)19-14-6-13(17-8-18-14)16-7-10(2)20/h3-6,8H,7H2,1-2H3,(H2,16,17,18,19). The zero-order valence-corrected chi connectivity index (χ0v) is 12.9. The number of hydrogen-bond acceptors (Lipinski definition) is 5. The van der Waals surface area contributed by atoms with Crippen LogP contribution in [-0.2, 0) is 4.79 Å². The summed E-state index contributed by atoms with van der Waals surface area (Å²) in [5, 5.41) is 6.13. The highest BCUT2D eigenvalue weighted by Crippen LogP contribution is 2.23. The number of benzene rings is 1. The van der Waals surface area contributed by atoms with Crippen LogP contribution in [0.3, 0.4) is 0 Å². The Hall–Kier alpha value is -1.95. The van der Waals surface area contributed by atoms with Gasteiger partial charge in [-0.25, -0.2) is 9.97 Å². The van der Waals surface area contributed by atoms with Gasteiger partial charge < -0.3 is 10.6 Å². The van der Waals surface area contributed by atoms with Gasteiger partial charge in [0.2, 0.25) is 0 Å². The monoisotopic (exact) mass is 334 g/mol. The van der Waals surface area contributed by atoms with E-state index >= 15 is 0 Å². The van der Waals surface area contributed by atoms with E-state index in [0.29, 0.717) is 11.6 Å². The number of carbonyl (C=O) groups is 1. The van der Waals surface area contributed by atoms with Crippen molar-refractivity contribution in [3.8, 4) is 0 Å². The summed E-state index contributed by atoms with van der Waals surface area (Å²) >= 11 is 3.49. The molecule has 20 heavy (non-hydrogen) atoms. The number of hydrogen-bond donors (Lipinski definition) is 2. The second-order valence-corrected chi connectivity index (χ2v) is 5.29. The minimum atomic E-state index is 0.0561. The molecule has 2 N–H and O–H groups in total. The summed E-state index contributed by atoms with van der Waals surface area (Å²) in [5.74, 6) is 1.34. The van der Waals surface area contributed by atoms with Crippen LogP contribution in [-0.4, -0.2) is 22.3 Å². The molecule has 6 heteroatoms. The van der Waals surface area contributed by atoms with Gasteiger partial charge in [0.25, 0.3) is 0 Å². The summed E-state index contributed by atoms with van der Waals surface area (Å²) in [6, 6.07) is 7.74.